The minimum Gasteiger partial charge on any atom is -0.506 e. The van der Waals surface area contributed by atoms with Crippen molar-refractivity contribution < 1.29 is 27.5 Å². The minimum atomic E-state index is -1.73. The number of nitrogens with one attached hydrogen (secondary N) is 1. The maximum Gasteiger partial charge on any atom is 0.255 e. The highest BCUT2D eigenvalue weighted by atomic mass is 19.2. The number of carbonyl (C=O) groups is 1. The lowest BCUT2D eigenvalue weighted by molar-refractivity contribution is 0.102. The lowest BCUT2D eigenvalue weighted by Gasteiger charge is -2.09. The lowest BCUT2D eigenvalue weighted by Crippen LogP contribution is -2.16. The van der Waals surface area contributed by atoms with Crippen LogP contribution in [0.2, 0.25) is 0 Å². The molecule has 0 atom stereocenters. The first-order valence-corrected chi connectivity index (χ1v) is 5.54. The molecule has 2 rings (SSSR count). The molecule has 110 valence electrons. The summed E-state index contributed by atoms with van der Waals surface area (Å²) in [6, 6.07) is 3.31. The van der Waals surface area contributed by atoms with E-state index in [1.165, 1.54) is 6.07 Å². The second kappa shape index (κ2) is 5.31. The van der Waals surface area contributed by atoms with E-state index in [9.17, 15) is 27.5 Å². The molecule has 4 nitrogen and oxygen atoms in total. The Bertz CT molecular complexity index is 708. The number of carbonyl (C=O) groups excluding carboxylic acids is 1. The Balaban J connectivity index is 2.38. The maximum atomic E-state index is 13.4. The van der Waals surface area contributed by atoms with Gasteiger partial charge in [-0.25, -0.2) is 17.6 Å². The van der Waals surface area contributed by atoms with Gasteiger partial charge in [0.1, 0.15) is 11.4 Å². The van der Waals surface area contributed by atoms with Crippen LogP contribution >= 0.6 is 0 Å². The van der Waals surface area contributed by atoms with E-state index in [4.69, 9.17) is 5.73 Å². The van der Waals surface area contributed by atoms with Crippen LogP contribution in [0.4, 0.5) is 28.9 Å². The van der Waals surface area contributed by atoms with E-state index in [1.54, 1.807) is 5.32 Å². The summed E-state index contributed by atoms with van der Waals surface area (Å²) in [5.41, 5.74) is 3.86. The van der Waals surface area contributed by atoms with E-state index in [0.29, 0.717) is 0 Å². The van der Waals surface area contributed by atoms with E-state index in [1.807, 2.05) is 0 Å². The first-order valence-electron chi connectivity index (χ1n) is 5.54. The summed E-state index contributed by atoms with van der Waals surface area (Å²) in [6.07, 6.45) is 0. The molecule has 2 aromatic carbocycles. The number of hydrogen-bond acceptors (Lipinski definition) is 3. The summed E-state index contributed by atoms with van der Waals surface area (Å²) >= 11 is 0. The van der Waals surface area contributed by atoms with E-state index in [2.05, 4.69) is 0 Å². The number of benzene rings is 2. The standard InChI is InChI=1S/C13H8F4N2O2/c14-6-4-7(15)11(17)12(10(6)16)19-13(21)5-1-2-8(18)9(20)3-5/h1-4,20H,18H2,(H,19,21). The minimum absolute atomic E-state index is 0.0132. The Labute approximate surface area is 115 Å². The molecule has 8 heteroatoms. The third kappa shape index (κ3) is 2.73. The molecular weight excluding hydrogens is 292 g/mol. The highest BCUT2D eigenvalue weighted by molar-refractivity contribution is 6.05. The van der Waals surface area contributed by atoms with Gasteiger partial charge in [-0.2, -0.15) is 0 Å². The van der Waals surface area contributed by atoms with Crippen molar-refractivity contribution in [1.29, 1.82) is 0 Å². The van der Waals surface area contributed by atoms with Gasteiger partial charge in [0, 0.05) is 11.6 Å². The largest absolute Gasteiger partial charge is 0.506 e. The maximum absolute atomic E-state index is 13.4. The highest BCUT2D eigenvalue weighted by Crippen LogP contribution is 2.26. The van der Waals surface area contributed by atoms with Crippen molar-refractivity contribution in [1.82, 2.24) is 0 Å². The molecule has 0 heterocycles. The van der Waals surface area contributed by atoms with Crippen molar-refractivity contribution in [3.05, 3.63) is 53.1 Å². The van der Waals surface area contributed by atoms with Gasteiger partial charge in [-0.15, -0.1) is 0 Å². The number of phenolic OH excluding ortho intramolecular Hbond substituents is 1. The number of anilines is 2. The molecule has 1 amide bonds. The zero-order valence-electron chi connectivity index (χ0n) is 10.3. The van der Waals surface area contributed by atoms with Gasteiger partial charge in [0.05, 0.1) is 5.69 Å². The van der Waals surface area contributed by atoms with Crippen molar-refractivity contribution in [2.75, 3.05) is 11.1 Å². The van der Waals surface area contributed by atoms with Gasteiger partial charge in [0.2, 0.25) is 0 Å². The predicted molar refractivity (Wildman–Crippen MR) is 66.7 cm³/mol. The first kappa shape index (κ1) is 14.6. The molecule has 2 aromatic rings. The number of rotatable bonds is 2. The Morgan fingerprint density at radius 2 is 1.62 bits per heavy atom. The summed E-state index contributed by atoms with van der Waals surface area (Å²) in [5.74, 6) is -8.26. The van der Waals surface area contributed by atoms with Crippen molar-refractivity contribution in [2.45, 2.75) is 0 Å². The molecule has 21 heavy (non-hydrogen) atoms. The van der Waals surface area contributed by atoms with Crippen LogP contribution in [-0.2, 0) is 0 Å². The van der Waals surface area contributed by atoms with Crippen LogP contribution in [-0.4, -0.2) is 11.0 Å². The number of nitrogen functional groups attached to an aromatic ring is 1. The second-order valence-corrected chi connectivity index (χ2v) is 4.07. The summed E-state index contributed by atoms with van der Waals surface area (Å²) in [5, 5.41) is 11.0. The highest BCUT2D eigenvalue weighted by Gasteiger charge is 2.21. The van der Waals surface area contributed by atoms with Crippen LogP contribution in [0.1, 0.15) is 10.4 Å². The fourth-order valence-electron chi connectivity index (χ4n) is 1.55. The predicted octanol–water partition coefficient (Wildman–Crippen LogP) is 2.78. The van der Waals surface area contributed by atoms with Crippen LogP contribution in [0.5, 0.6) is 5.75 Å². The number of phenols is 1. The molecule has 0 aromatic heterocycles. The quantitative estimate of drug-likeness (QED) is 0.345. The van der Waals surface area contributed by atoms with E-state index in [-0.39, 0.29) is 17.3 Å². The molecule has 0 saturated heterocycles. The zero-order chi connectivity index (χ0) is 15.7. The average Bonchev–Trinajstić information content (AvgIpc) is 2.44. The van der Waals surface area contributed by atoms with Gasteiger partial charge in [-0.05, 0) is 18.2 Å². The smallest absolute Gasteiger partial charge is 0.255 e. The molecule has 0 spiro atoms. The second-order valence-electron chi connectivity index (χ2n) is 4.07. The Hall–Kier alpha value is -2.77. The monoisotopic (exact) mass is 300 g/mol. The lowest BCUT2D eigenvalue weighted by atomic mass is 10.1. The zero-order valence-corrected chi connectivity index (χ0v) is 10.3. The Morgan fingerprint density at radius 1 is 1.05 bits per heavy atom. The SMILES string of the molecule is Nc1ccc(C(=O)Nc2c(F)c(F)cc(F)c2F)cc1O. The van der Waals surface area contributed by atoms with Crippen LogP contribution in [0.25, 0.3) is 0 Å². The molecule has 0 unspecified atom stereocenters. The van der Waals surface area contributed by atoms with Crippen LogP contribution in [0, 0.1) is 23.3 Å². The van der Waals surface area contributed by atoms with E-state index >= 15 is 0 Å². The van der Waals surface area contributed by atoms with Gasteiger partial charge in [0.15, 0.2) is 23.3 Å². The van der Waals surface area contributed by atoms with Crippen molar-refractivity contribution in [3.8, 4) is 5.75 Å². The fourth-order valence-corrected chi connectivity index (χ4v) is 1.55. The summed E-state index contributed by atoms with van der Waals surface area (Å²) in [4.78, 5) is 11.8. The molecule has 4 N–H and O–H groups in total. The molecule has 0 radical (unpaired) electrons. The van der Waals surface area contributed by atoms with Gasteiger partial charge < -0.3 is 16.2 Å². The van der Waals surface area contributed by atoms with Gasteiger partial charge in [0.25, 0.3) is 5.91 Å². The summed E-state index contributed by atoms with van der Waals surface area (Å²) in [6.45, 7) is 0. The van der Waals surface area contributed by atoms with Gasteiger partial charge in [-0.1, -0.05) is 0 Å². The topological polar surface area (TPSA) is 75.4 Å². The van der Waals surface area contributed by atoms with Crippen molar-refractivity contribution in [2.24, 2.45) is 0 Å². The van der Waals surface area contributed by atoms with Crippen LogP contribution in [0.3, 0.4) is 0 Å². The van der Waals surface area contributed by atoms with E-state index in [0.717, 1.165) is 12.1 Å². The molecule has 0 bridgehead atoms. The number of hydrogen-bond donors (Lipinski definition) is 3. The molecule has 0 saturated carbocycles. The molecule has 0 aliphatic carbocycles. The number of halogens is 4. The number of nitrogens with two attached hydrogens (primary N) is 1. The average molecular weight is 300 g/mol. The fraction of sp³-hybridized carbons (Fsp3) is 0. The van der Waals surface area contributed by atoms with Crippen LogP contribution < -0.4 is 11.1 Å². The number of amides is 1. The van der Waals surface area contributed by atoms with Gasteiger partial charge >= 0.3 is 0 Å². The van der Waals surface area contributed by atoms with Crippen molar-refractivity contribution >= 4 is 17.3 Å². The molecule has 0 aliphatic heterocycles. The summed E-state index contributed by atoms with van der Waals surface area (Å²) < 4.78 is 52.8. The van der Waals surface area contributed by atoms with Crippen molar-refractivity contribution in [3.63, 3.8) is 0 Å². The van der Waals surface area contributed by atoms with Gasteiger partial charge in [-0.3, -0.25) is 4.79 Å². The third-order valence-electron chi connectivity index (χ3n) is 2.64. The molecular formula is C13H8F4N2O2. The molecule has 0 fully saturated rings. The first-order chi connectivity index (χ1) is 9.81. The van der Waals surface area contributed by atoms with Crippen LogP contribution in [0.15, 0.2) is 24.3 Å². The Morgan fingerprint density at radius 3 is 2.14 bits per heavy atom. The number of aromatic hydroxyl groups is 1. The summed E-state index contributed by atoms with van der Waals surface area (Å²) in [7, 11) is 0. The Kier molecular flexibility index (Phi) is 3.70. The third-order valence-corrected chi connectivity index (χ3v) is 2.64. The molecule has 0 aliphatic rings. The normalized spacial score (nSPS) is 10.5. The van der Waals surface area contributed by atoms with E-state index < -0.39 is 40.6 Å².